The van der Waals surface area contributed by atoms with Gasteiger partial charge in [0.2, 0.25) is 0 Å². The molecule has 1 spiro atoms. The highest BCUT2D eigenvalue weighted by molar-refractivity contribution is 6.91. The molecule has 8 nitrogen and oxygen atoms in total. The van der Waals surface area contributed by atoms with E-state index in [1.54, 1.807) is 30.3 Å². The number of benzene rings is 3. The van der Waals surface area contributed by atoms with Gasteiger partial charge in [0, 0.05) is 35.7 Å². The Labute approximate surface area is 258 Å². The molecule has 0 aliphatic carbocycles. The quantitative estimate of drug-likeness (QED) is 0.278. The van der Waals surface area contributed by atoms with Crippen LogP contribution >= 0.6 is 0 Å². The van der Waals surface area contributed by atoms with Crippen LogP contribution in [0.15, 0.2) is 95.9 Å². The van der Waals surface area contributed by atoms with Gasteiger partial charge in [0.1, 0.15) is 5.75 Å². The van der Waals surface area contributed by atoms with Crippen LogP contribution in [-0.2, 0) is 15.1 Å². The van der Waals surface area contributed by atoms with Crippen molar-refractivity contribution in [3.8, 4) is 17.2 Å². The van der Waals surface area contributed by atoms with Crippen molar-refractivity contribution in [2.75, 3.05) is 25.7 Å². The van der Waals surface area contributed by atoms with Crippen LogP contribution in [0.4, 0.5) is 11.4 Å². The lowest BCUT2D eigenvalue weighted by atomic mass is 9.82. The first-order chi connectivity index (χ1) is 21.2. The number of ether oxygens (including phenoxy) is 3. The largest absolute Gasteiger partial charge is 0.497 e. The Hall–Kier alpha value is -4.18. The topological polar surface area (TPSA) is 90.2 Å². The molecule has 1 N–H and O–H groups in total. The number of amides is 1. The first-order valence-electron chi connectivity index (χ1n) is 14.9. The SMILES string of the molecule is COc1ccc([Si](C)(C)[C@@H]2[C@@H](CCO)O[C@]3(C(=O)N(c4ccccc4)c4ccc(-n5cccc(OC)c5=O)cc43)[C@H]2C)cc1. The second-order valence-electron chi connectivity index (χ2n) is 12.1. The van der Waals surface area contributed by atoms with Gasteiger partial charge in [-0.15, -0.1) is 0 Å². The van der Waals surface area contributed by atoms with Crippen LogP contribution in [-0.4, -0.2) is 50.6 Å². The summed E-state index contributed by atoms with van der Waals surface area (Å²) in [6.07, 6.45) is 1.75. The van der Waals surface area contributed by atoms with Gasteiger partial charge in [-0.1, -0.05) is 55.5 Å². The molecule has 1 fully saturated rings. The summed E-state index contributed by atoms with van der Waals surface area (Å²) < 4.78 is 19.3. The van der Waals surface area contributed by atoms with Crippen LogP contribution in [0.3, 0.4) is 0 Å². The highest BCUT2D eigenvalue weighted by atomic mass is 28.3. The summed E-state index contributed by atoms with van der Waals surface area (Å²) in [5, 5.41) is 11.4. The van der Waals surface area contributed by atoms with Crippen LogP contribution in [0.5, 0.6) is 11.5 Å². The fourth-order valence-electron chi connectivity index (χ4n) is 7.44. The first kappa shape index (κ1) is 29.9. The summed E-state index contributed by atoms with van der Waals surface area (Å²) in [5.41, 5.74) is 1.18. The van der Waals surface area contributed by atoms with Crippen molar-refractivity contribution < 1.29 is 24.1 Å². The molecule has 6 rings (SSSR count). The molecule has 9 heteroatoms. The maximum atomic E-state index is 14.9. The lowest BCUT2D eigenvalue weighted by Crippen LogP contribution is -2.51. The Bertz CT molecular complexity index is 1740. The smallest absolute Gasteiger partial charge is 0.297 e. The molecule has 0 saturated carbocycles. The van der Waals surface area contributed by atoms with Crippen molar-refractivity contribution in [3.05, 3.63) is 107 Å². The summed E-state index contributed by atoms with van der Waals surface area (Å²) in [6.45, 7) is 6.68. The number of aliphatic hydroxyl groups excluding tert-OH is 1. The number of hydrogen-bond donors (Lipinski definition) is 1. The number of para-hydroxylation sites is 1. The number of hydrogen-bond acceptors (Lipinski definition) is 6. The zero-order chi connectivity index (χ0) is 31.2. The molecule has 3 heterocycles. The number of carbonyl (C=O) groups excluding carboxylic acids is 1. The van der Waals surface area contributed by atoms with Crippen molar-refractivity contribution in [1.82, 2.24) is 4.57 Å². The van der Waals surface area contributed by atoms with Gasteiger partial charge >= 0.3 is 0 Å². The number of fused-ring (bicyclic) bond motifs is 2. The highest BCUT2D eigenvalue weighted by Crippen LogP contribution is 2.61. The number of methoxy groups -OCH3 is 2. The van der Waals surface area contributed by atoms with Gasteiger partial charge < -0.3 is 19.3 Å². The molecule has 1 aromatic heterocycles. The van der Waals surface area contributed by atoms with E-state index in [-0.39, 0.29) is 41.4 Å². The van der Waals surface area contributed by atoms with Crippen molar-refractivity contribution >= 4 is 30.5 Å². The zero-order valence-corrected chi connectivity index (χ0v) is 26.7. The van der Waals surface area contributed by atoms with E-state index in [0.29, 0.717) is 12.1 Å². The number of pyridine rings is 1. The van der Waals surface area contributed by atoms with Gasteiger partial charge in [-0.2, -0.15) is 0 Å². The molecule has 3 aromatic carbocycles. The van der Waals surface area contributed by atoms with E-state index in [4.69, 9.17) is 14.2 Å². The van der Waals surface area contributed by atoms with E-state index < -0.39 is 13.7 Å². The molecule has 4 aromatic rings. The predicted molar refractivity (Wildman–Crippen MR) is 173 cm³/mol. The van der Waals surface area contributed by atoms with Crippen molar-refractivity contribution in [3.63, 3.8) is 0 Å². The van der Waals surface area contributed by atoms with E-state index >= 15 is 0 Å². The van der Waals surface area contributed by atoms with Gasteiger partial charge in [-0.25, -0.2) is 0 Å². The minimum atomic E-state index is -2.32. The summed E-state index contributed by atoms with van der Waals surface area (Å²) >= 11 is 0. The molecule has 4 atom stereocenters. The third-order valence-corrected chi connectivity index (χ3v) is 13.9. The summed E-state index contributed by atoms with van der Waals surface area (Å²) in [5.74, 6) is 0.619. The van der Waals surface area contributed by atoms with Gasteiger partial charge in [-0.3, -0.25) is 19.1 Å². The zero-order valence-electron chi connectivity index (χ0n) is 25.7. The monoisotopic (exact) mass is 610 g/mol. The van der Waals surface area contributed by atoms with E-state index in [0.717, 1.165) is 22.7 Å². The lowest BCUT2D eigenvalue weighted by molar-refractivity contribution is -0.145. The molecule has 2 aliphatic rings. The number of rotatable bonds is 8. The molecule has 1 saturated heterocycles. The Morgan fingerprint density at radius 1 is 0.909 bits per heavy atom. The average Bonchev–Trinajstić information content (AvgIpc) is 3.47. The molecule has 1 amide bonds. The van der Waals surface area contributed by atoms with Gasteiger partial charge in [0.05, 0.1) is 34.1 Å². The van der Waals surface area contributed by atoms with Gasteiger partial charge in [0.15, 0.2) is 11.4 Å². The Kier molecular flexibility index (Phi) is 7.73. The molecule has 0 unspecified atom stereocenters. The van der Waals surface area contributed by atoms with E-state index in [9.17, 15) is 14.7 Å². The van der Waals surface area contributed by atoms with Crippen molar-refractivity contribution in [2.45, 2.75) is 43.7 Å². The Morgan fingerprint density at radius 3 is 2.30 bits per heavy atom. The predicted octanol–water partition coefficient (Wildman–Crippen LogP) is 5.13. The number of aromatic nitrogens is 1. The molecule has 2 aliphatic heterocycles. The van der Waals surface area contributed by atoms with E-state index in [1.165, 1.54) is 16.9 Å². The van der Waals surface area contributed by atoms with Crippen LogP contribution in [0.1, 0.15) is 18.9 Å². The Balaban J connectivity index is 1.55. The second-order valence-corrected chi connectivity index (χ2v) is 16.8. The molecule has 0 radical (unpaired) electrons. The van der Waals surface area contributed by atoms with Crippen LogP contribution in [0.2, 0.25) is 18.6 Å². The van der Waals surface area contributed by atoms with Crippen molar-refractivity contribution in [1.29, 1.82) is 0 Å². The van der Waals surface area contributed by atoms with Gasteiger partial charge in [-0.05, 0) is 66.6 Å². The molecule has 44 heavy (non-hydrogen) atoms. The maximum Gasteiger partial charge on any atom is 0.297 e. The fourth-order valence-corrected chi connectivity index (χ4v) is 11.5. The molecular weight excluding hydrogens is 572 g/mol. The number of carbonyl (C=O) groups is 1. The van der Waals surface area contributed by atoms with Crippen LogP contribution < -0.4 is 25.1 Å². The minimum absolute atomic E-state index is 0.00114. The number of aliphatic hydroxyl groups is 1. The lowest BCUT2D eigenvalue weighted by Gasteiger charge is -2.37. The third-order valence-electron chi connectivity index (χ3n) is 9.57. The highest BCUT2D eigenvalue weighted by Gasteiger charge is 2.66. The first-order valence-corrected chi connectivity index (χ1v) is 18.0. The summed E-state index contributed by atoms with van der Waals surface area (Å²) in [4.78, 5) is 29.9. The van der Waals surface area contributed by atoms with Crippen molar-refractivity contribution in [2.24, 2.45) is 5.92 Å². The van der Waals surface area contributed by atoms with E-state index in [1.807, 2.05) is 60.7 Å². The molecule has 228 valence electrons. The maximum absolute atomic E-state index is 14.9. The fraction of sp³-hybridized carbons (Fsp3) is 0.314. The Morgan fingerprint density at radius 2 is 1.64 bits per heavy atom. The molecular formula is C35H38N2O6Si. The summed E-state index contributed by atoms with van der Waals surface area (Å²) in [7, 11) is 0.801. The van der Waals surface area contributed by atoms with Crippen LogP contribution in [0.25, 0.3) is 5.69 Å². The van der Waals surface area contributed by atoms with Gasteiger partial charge in [0.25, 0.3) is 11.5 Å². The third kappa shape index (κ3) is 4.49. The number of anilines is 2. The number of nitrogens with zero attached hydrogens (tertiary/aromatic N) is 2. The average molecular weight is 611 g/mol. The second kappa shape index (κ2) is 11.4. The minimum Gasteiger partial charge on any atom is -0.497 e. The standard InChI is InChI=1S/C35H38N2O6Si/c1-23-32(44(4,5)27-16-14-26(41-2)15-17-27)30(19-21-38)43-35(23)28-22-25(36-20-9-12-31(42-3)33(36)39)13-18-29(28)37(34(35)40)24-10-7-6-8-11-24/h6-18,20,22-23,30,32,38H,19,21H2,1-5H3/t23-,30+,32-,35+/m0/s1. The summed E-state index contributed by atoms with van der Waals surface area (Å²) in [6, 6.07) is 26.8. The normalized spacial score (nSPS) is 22.8. The van der Waals surface area contributed by atoms with E-state index in [2.05, 4.69) is 32.2 Å². The molecule has 0 bridgehead atoms. The van der Waals surface area contributed by atoms with Crippen LogP contribution in [0, 0.1) is 5.92 Å².